The lowest BCUT2D eigenvalue weighted by atomic mass is 10.0. The fraction of sp³-hybridized carbons (Fsp3) is 0.136. The Morgan fingerprint density at radius 3 is 2.71 bits per heavy atom. The summed E-state index contributed by atoms with van der Waals surface area (Å²) < 4.78 is 30.9. The number of nitrogens with zero attached hydrogens (tertiary/aromatic N) is 5. The van der Waals surface area contributed by atoms with E-state index in [9.17, 15) is 9.18 Å². The number of fused-ring (bicyclic) bond motifs is 2. The van der Waals surface area contributed by atoms with Gasteiger partial charge < -0.3 is 9.15 Å². The van der Waals surface area contributed by atoms with Crippen molar-refractivity contribution < 1.29 is 13.5 Å². The standard InChI is InChI=1S/C22H16FN5O3/c1-26-10-11(8-25-26)18-17(30-3)7-13-19-20-15(9-24-13)27(2)22(29)28(20)14-5-4-12(23)6-16(14)31-21(18)19/h4-10H,1-3H3. The van der Waals surface area contributed by atoms with Gasteiger partial charge in [-0.3, -0.25) is 18.6 Å². The van der Waals surface area contributed by atoms with Crippen molar-refractivity contribution in [2.24, 2.45) is 14.1 Å². The van der Waals surface area contributed by atoms with E-state index >= 15 is 0 Å². The van der Waals surface area contributed by atoms with Gasteiger partial charge in [0, 0.05) is 38.0 Å². The zero-order valence-corrected chi connectivity index (χ0v) is 16.9. The predicted octanol–water partition coefficient (Wildman–Crippen LogP) is 3.63. The van der Waals surface area contributed by atoms with E-state index in [1.54, 1.807) is 41.7 Å². The minimum atomic E-state index is -0.467. The maximum atomic E-state index is 14.2. The van der Waals surface area contributed by atoms with Gasteiger partial charge >= 0.3 is 5.69 Å². The van der Waals surface area contributed by atoms with Crippen LogP contribution in [0.2, 0.25) is 0 Å². The largest absolute Gasteiger partial charge is 0.496 e. The molecule has 0 atom stereocenters. The molecule has 154 valence electrons. The average Bonchev–Trinajstić information content (AvgIpc) is 3.24. The van der Waals surface area contributed by atoms with Gasteiger partial charge in [0.2, 0.25) is 0 Å². The Kier molecular flexibility index (Phi) is 3.39. The van der Waals surface area contributed by atoms with E-state index in [1.807, 2.05) is 19.3 Å². The molecule has 6 rings (SSSR count). The molecule has 0 aliphatic carbocycles. The monoisotopic (exact) mass is 417 g/mol. The Labute approximate surface area is 173 Å². The summed E-state index contributed by atoms with van der Waals surface area (Å²) in [5.41, 5.74) is 4.14. The number of aryl methyl sites for hydroxylation is 2. The summed E-state index contributed by atoms with van der Waals surface area (Å²) >= 11 is 0. The first-order valence-corrected chi connectivity index (χ1v) is 9.56. The molecule has 0 aliphatic heterocycles. The molecule has 9 heteroatoms. The van der Waals surface area contributed by atoms with Crippen molar-refractivity contribution in [1.29, 1.82) is 0 Å². The van der Waals surface area contributed by atoms with Gasteiger partial charge in [-0.1, -0.05) is 0 Å². The number of aromatic nitrogens is 5. The molecular weight excluding hydrogens is 401 g/mol. The molecule has 0 radical (unpaired) electrons. The molecule has 31 heavy (non-hydrogen) atoms. The molecule has 0 amide bonds. The lowest BCUT2D eigenvalue weighted by molar-refractivity contribution is 0.416. The molecule has 0 bridgehead atoms. The van der Waals surface area contributed by atoms with E-state index in [0.717, 1.165) is 5.56 Å². The fourth-order valence-electron chi connectivity index (χ4n) is 4.27. The van der Waals surface area contributed by atoms with E-state index in [4.69, 9.17) is 9.15 Å². The molecule has 0 saturated carbocycles. The topological polar surface area (TPSA) is 79.5 Å². The highest BCUT2D eigenvalue weighted by atomic mass is 19.1. The Morgan fingerprint density at radius 1 is 1.13 bits per heavy atom. The van der Waals surface area contributed by atoms with Crippen LogP contribution in [0.25, 0.3) is 49.7 Å². The number of imidazole rings is 1. The number of hydrogen-bond acceptors (Lipinski definition) is 5. The zero-order valence-electron chi connectivity index (χ0n) is 16.9. The van der Waals surface area contributed by atoms with E-state index in [0.29, 0.717) is 44.3 Å². The van der Waals surface area contributed by atoms with E-state index in [1.165, 1.54) is 16.7 Å². The van der Waals surface area contributed by atoms with E-state index in [-0.39, 0.29) is 11.3 Å². The third-order valence-electron chi connectivity index (χ3n) is 5.68. The summed E-state index contributed by atoms with van der Waals surface area (Å²) in [5, 5.41) is 4.92. The summed E-state index contributed by atoms with van der Waals surface area (Å²) in [6, 6.07) is 5.94. The van der Waals surface area contributed by atoms with Gasteiger partial charge in [0.15, 0.2) is 11.2 Å². The van der Waals surface area contributed by atoms with Crippen LogP contribution >= 0.6 is 0 Å². The van der Waals surface area contributed by atoms with Gasteiger partial charge in [-0.2, -0.15) is 5.10 Å². The Balaban J connectivity index is 2.02. The molecule has 2 aromatic carbocycles. The second kappa shape index (κ2) is 5.94. The summed E-state index contributed by atoms with van der Waals surface area (Å²) in [6.07, 6.45) is 5.19. The maximum Gasteiger partial charge on any atom is 0.333 e. The lowest BCUT2D eigenvalue weighted by Gasteiger charge is -2.11. The number of halogens is 1. The third kappa shape index (κ3) is 2.25. The first kappa shape index (κ1) is 17.7. The Hall–Kier alpha value is -4.14. The average molecular weight is 417 g/mol. The molecule has 8 nitrogen and oxygen atoms in total. The Bertz CT molecular complexity index is 1740. The lowest BCUT2D eigenvalue weighted by Crippen LogP contribution is -2.17. The smallest absolute Gasteiger partial charge is 0.333 e. The molecule has 0 fully saturated rings. The highest BCUT2D eigenvalue weighted by molar-refractivity contribution is 6.16. The molecule has 4 heterocycles. The summed E-state index contributed by atoms with van der Waals surface area (Å²) in [7, 11) is 5.07. The van der Waals surface area contributed by atoms with Crippen molar-refractivity contribution in [2.75, 3.05) is 7.11 Å². The minimum absolute atomic E-state index is 0.227. The molecular formula is C22H16FN5O3. The SMILES string of the molecule is COc1cc2ncc3c4c2c(oc2cc(F)ccc2n4c(=O)n3C)c1-c1cnn(C)c1. The van der Waals surface area contributed by atoms with Crippen molar-refractivity contribution in [3.63, 3.8) is 0 Å². The van der Waals surface area contributed by atoms with Crippen LogP contribution in [-0.4, -0.2) is 30.8 Å². The Morgan fingerprint density at radius 2 is 1.97 bits per heavy atom. The van der Waals surface area contributed by atoms with Crippen LogP contribution in [0.1, 0.15) is 0 Å². The highest BCUT2D eigenvalue weighted by Crippen LogP contribution is 2.42. The number of methoxy groups -OCH3 is 1. The van der Waals surface area contributed by atoms with Crippen molar-refractivity contribution in [2.45, 2.75) is 0 Å². The van der Waals surface area contributed by atoms with Crippen LogP contribution < -0.4 is 10.4 Å². The van der Waals surface area contributed by atoms with Crippen LogP contribution in [0.4, 0.5) is 4.39 Å². The predicted molar refractivity (Wildman–Crippen MR) is 114 cm³/mol. The first-order chi connectivity index (χ1) is 15.0. The summed E-state index contributed by atoms with van der Waals surface area (Å²) in [4.78, 5) is 17.7. The number of benzene rings is 2. The molecule has 0 unspecified atom stereocenters. The first-order valence-electron chi connectivity index (χ1n) is 9.56. The molecule has 0 aliphatic rings. The fourth-order valence-corrected chi connectivity index (χ4v) is 4.27. The zero-order chi connectivity index (χ0) is 21.4. The van der Waals surface area contributed by atoms with Gasteiger partial charge in [0.05, 0.1) is 52.5 Å². The number of ether oxygens (including phenoxy) is 1. The second-order valence-corrected chi connectivity index (χ2v) is 7.46. The number of pyridine rings is 1. The van der Waals surface area contributed by atoms with Gasteiger partial charge in [0.1, 0.15) is 11.6 Å². The van der Waals surface area contributed by atoms with Crippen molar-refractivity contribution >= 4 is 38.6 Å². The number of hydrogen-bond donors (Lipinski definition) is 0. The summed E-state index contributed by atoms with van der Waals surface area (Å²) in [5.74, 6) is 0.0668. The van der Waals surface area contributed by atoms with Gasteiger partial charge in [0.25, 0.3) is 0 Å². The van der Waals surface area contributed by atoms with E-state index in [2.05, 4.69) is 10.1 Å². The van der Waals surface area contributed by atoms with Crippen molar-refractivity contribution in [1.82, 2.24) is 23.7 Å². The molecule has 6 aromatic rings. The quantitative estimate of drug-likeness (QED) is 0.430. The van der Waals surface area contributed by atoms with Crippen LogP contribution in [0.15, 0.2) is 52.1 Å². The van der Waals surface area contributed by atoms with Gasteiger partial charge in [-0.15, -0.1) is 0 Å². The molecule has 4 aromatic heterocycles. The molecule has 0 spiro atoms. The minimum Gasteiger partial charge on any atom is -0.496 e. The van der Waals surface area contributed by atoms with Crippen LogP contribution in [-0.2, 0) is 14.1 Å². The van der Waals surface area contributed by atoms with Crippen molar-refractivity contribution in [3.05, 3.63) is 59.2 Å². The maximum absolute atomic E-state index is 14.2. The second-order valence-electron chi connectivity index (χ2n) is 7.46. The molecule has 0 N–H and O–H groups in total. The normalized spacial score (nSPS) is 12.0. The van der Waals surface area contributed by atoms with Crippen LogP contribution in [0.5, 0.6) is 5.75 Å². The third-order valence-corrected chi connectivity index (χ3v) is 5.68. The van der Waals surface area contributed by atoms with Crippen molar-refractivity contribution in [3.8, 4) is 16.9 Å². The highest BCUT2D eigenvalue weighted by Gasteiger charge is 2.23. The van der Waals surface area contributed by atoms with Crippen LogP contribution in [0.3, 0.4) is 0 Å². The van der Waals surface area contributed by atoms with Gasteiger partial charge in [-0.25, -0.2) is 9.18 Å². The summed E-state index contributed by atoms with van der Waals surface area (Å²) in [6.45, 7) is 0. The van der Waals surface area contributed by atoms with Gasteiger partial charge in [-0.05, 0) is 12.1 Å². The van der Waals surface area contributed by atoms with Crippen LogP contribution in [0, 0.1) is 5.82 Å². The van der Waals surface area contributed by atoms with E-state index < -0.39 is 5.82 Å². The number of rotatable bonds is 2. The molecule has 0 saturated heterocycles.